The summed E-state index contributed by atoms with van der Waals surface area (Å²) in [7, 11) is 0. The second-order valence-corrected chi connectivity index (χ2v) is 6.02. The van der Waals surface area contributed by atoms with Crippen molar-refractivity contribution < 1.29 is 14.3 Å². The third-order valence-corrected chi connectivity index (χ3v) is 4.16. The standard InChI is InChI=1S/C19H14BrNO3/c20-16-7-3-4-8-17(16)21-18(22)12-24-19(23)15-10-9-13-5-1-2-6-14(13)11-15/h1-11H,12H2,(H,21,22). The number of amides is 1. The van der Waals surface area contributed by atoms with E-state index in [1.54, 1.807) is 18.2 Å². The Hall–Kier alpha value is -2.66. The fraction of sp³-hybridized carbons (Fsp3) is 0.0526. The molecular formula is C19H14BrNO3. The highest BCUT2D eigenvalue weighted by molar-refractivity contribution is 9.10. The van der Waals surface area contributed by atoms with Gasteiger partial charge in [-0.05, 0) is 51.0 Å². The van der Waals surface area contributed by atoms with Gasteiger partial charge in [0.15, 0.2) is 6.61 Å². The maximum absolute atomic E-state index is 12.1. The molecule has 5 heteroatoms. The molecule has 0 bridgehead atoms. The monoisotopic (exact) mass is 383 g/mol. The first-order valence-electron chi connectivity index (χ1n) is 7.34. The third-order valence-electron chi connectivity index (χ3n) is 3.47. The van der Waals surface area contributed by atoms with Crippen LogP contribution in [-0.2, 0) is 9.53 Å². The normalized spacial score (nSPS) is 10.4. The number of halogens is 1. The first kappa shape index (κ1) is 16.2. The van der Waals surface area contributed by atoms with Crippen molar-refractivity contribution in [1.29, 1.82) is 0 Å². The van der Waals surface area contributed by atoms with Crippen LogP contribution in [0.1, 0.15) is 10.4 Å². The van der Waals surface area contributed by atoms with Crippen molar-refractivity contribution in [3.05, 3.63) is 76.8 Å². The molecule has 0 saturated heterocycles. The van der Waals surface area contributed by atoms with Crippen LogP contribution in [0.4, 0.5) is 5.69 Å². The molecule has 0 spiro atoms. The summed E-state index contributed by atoms with van der Waals surface area (Å²) >= 11 is 3.34. The summed E-state index contributed by atoms with van der Waals surface area (Å²) in [6, 6.07) is 20.3. The van der Waals surface area contributed by atoms with Gasteiger partial charge in [0.2, 0.25) is 0 Å². The molecule has 120 valence electrons. The molecule has 1 amide bonds. The fourth-order valence-electron chi connectivity index (χ4n) is 2.28. The Kier molecular flexibility index (Phi) is 4.91. The number of benzene rings is 3. The Labute approximate surface area is 147 Å². The molecule has 0 atom stereocenters. The van der Waals surface area contributed by atoms with Gasteiger partial charge in [-0.25, -0.2) is 4.79 Å². The lowest BCUT2D eigenvalue weighted by Crippen LogP contribution is -2.21. The van der Waals surface area contributed by atoms with Crippen LogP contribution < -0.4 is 5.32 Å². The highest BCUT2D eigenvalue weighted by atomic mass is 79.9. The minimum Gasteiger partial charge on any atom is -0.452 e. The van der Waals surface area contributed by atoms with Gasteiger partial charge in [-0.3, -0.25) is 4.79 Å². The van der Waals surface area contributed by atoms with Gasteiger partial charge in [-0.1, -0.05) is 42.5 Å². The van der Waals surface area contributed by atoms with Crippen molar-refractivity contribution >= 4 is 44.3 Å². The van der Waals surface area contributed by atoms with Crippen LogP contribution in [0.2, 0.25) is 0 Å². The summed E-state index contributed by atoms with van der Waals surface area (Å²) in [5.41, 5.74) is 1.05. The average Bonchev–Trinajstić information content (AvgIpc) is 2.61. The van der Waals surface area contributed by atoms with Crippen molar-refractivity contribution in [3.8, 4) is 0 Å². The second kappa shape index (κ2) is 7.27. The van der Waals surface area contributed by atoms with E-state index in [0.717, 1.165) is 15.2 Å². The van der Waals surface area contributed by atoms with Crippen LogP contribution in [0.5, 0.6) is 0 Å². The van der Waals surface area contributed by atoms with Crippen molar-refractivity contribution in [2.75, 3.05) is 11.9 Å². The molecule has 3 aromatic rings. The van der Waals surface area contributed by atoms with Gasteiger partial charge in [-0.15, -0.1) is 0 Å². The van der Waals surface area contributed by atoms with Gasteiger partial charge in [-0.2, -0.15) is 0 Å². The molecule has 0 aliphatic rings. The number of rotatable bonds is 4. The van der Waals surface area contributed by atoms with Gasteiger partial charge in [0.1, 0.15) is 0 Å². The average molecular weight is 384 g/mol. The molecule has 0 aromatic heterocycles. The van der Waals surface area contributed by atoms with E-state index in [2.05, 4.69) is 21.2 Å². The number of carbonyl (C=O) groups excluding carboxylic acids is 2. The van der Waals surface area contributed by atoms with Crippen molar-refractivity contribution in [2.45, 2.75) is 0 Å². The van der Waals surface area contributed by atoms with E-state index < -0.39 is 11.9 Å². The van der Waals surface area contributed by atoms with E-state index in [1.165, 1.54) is 0 Å². The Morgan fingerprint density at radius 2 is 1.62 bits per heavy atom. The molecule has 3 rings (SSSR count). The van der Waals surface area contributed by atoms with Gasteiger partial charge < -0.3 is 10.1 Å². The van der Waals surface area contributed by atoms with E-state index in [0.29, 0.717) is 11.3 Å². The highest BCUT2D eigenvalue weighted by Crippen LogP contribution is 2.21. The van der Waals surface area contributed by atoms with Crippen molar-refractivity contribution in [1.82, 2.24) is 0 Å². The lowest BCUT2D eigenvalue weighted by molar-refractivity contribution is -0.119. The van der Waals surface area contributed by atoms with Crippen LogP contribution in [0, 0.1) is 0 Å². The SMILES string of the molecule is O=C(COC(=O)c1ccc2ccccc2c1)Nc1ccccc1Br. The summed E-state index contributed by atoms with van der Waals surface area (Å²) < 4.78 is 5.85. The van der Waals surface area contributed by atoms with Crippen LogP contribution in [-0.4, -0.2) is 18.5 Å². The summed E-state index contributed by atoms with van der Waals surface area (Å²) in [6.07, 6.45) is 0. The van der Waals surface area contributed by atoms with Crippen LogP contribution in [0.3, 0.4) is 0 Å². The van der Waals surface area contributed by atoms with Crippen molar-refractivity contribution in [3.63, 3.8) is 0 Å². The molecule has 0 radical (unpaired) electrons. The maximum atomic E-state index is 12.1. The molecule has 0 heterocycles. The quantitative estimate of drug-likeness (QED) is 0.679. The topological polar surface area (TPSA) is 55.4 Å². The van der Waals surface area contributed by atoms with Gasteiger partial charge in [0.05, 0.1) is 11.3 Å². The number of nitrogens with one attached hydrogen (secondary N) is 1. The Bertz CT molecular complexity index is 908. The molecular weight excluding hydrogens is 370 g/mol. The molecule has 3 aromatic carbocycles. The lowest BCUT2D eigenvalue weighted by Gasteiger charge is -2.08. The maximum Gasteiger partial charge on any atom is 0.338 e. The molecule has 0 fully saturated rings. The van der Waals surface area contributed by atoms with E-state index in [9.17, 15) is 9.59 Å². The zero-order valence-electron chi connectivity index (χ0n) is 12.7. The van der Waals surface area contributed by atoms with E-state index in [4.69, 9.17) is 4.74 Å². The predicted octanol–water partition coefficient (Wildman–Crippen LogP) is 4.40. The number of esters is 1. The third kappa shape index (κ3) is 3.81. The van der Waals surface area contributed by atoms with Crippen LogP contribution in [0.25, 0.3) is 10.8 Å². The summed E-state index contributed by atoms with van der Waals surface area (Å²) in [5, 5.41) is 4.67. The Morgan fingerprint density at radius 3 is 2.42 bits per heavy atom. The lowest BCUT2D eigenvalue weighted by atomic mass is 10.1. The van der Waals surface area contributed by atoms with Gasteiger partial charge >= 0.3 is 5.97 Å². The number of hydrogen-bond donors (Lipinski definition) is 1. The largest absolute Gasteiger partial charge is 0.452 e. The molecule has 24 heavy (non-hydrogen) atoms. The molecule has 0 aliphatic carbocycles. The van der Waals surface area contributed by atoms with Crippen LogP contribution in [0.15, 0.2) is 71.2 Å². The molecule has 0 unspecified atom stereocenters. The zero-order valence-corrected chi connectivity index (χ0v) is 14.2. The molecule has 1 N–H and O–H groups in total. The van der Waals surface area contributed by atoms with E-state index >= 15 is 0 Å². The minimum atomic E-state index is -0.525. The van der Waals surface area contributed by atoms with Gasteiger partial charge in [0.25, 0.3) is 5.91 Å². The highest BCUT2D eigenvalue weighted by Gasteiger charge is 2.11. The molecule has 4 nitrogen and oxygen atoms in total. The minimum absolute atomic E-state index is 0.340. The Balaban J connectivity index is 1.62. The van der Waals surface area contributed by atoms with Crippen molar-refractivity contribution in [2.24, 2.45) is 0 Å². The smallest absolute Gasteiger partial charge is 0.338 e. The Morgan fingerprint density at radius 1 is 0.917 bits per heavy atom. The first-order chi connectivity index (χ1) is 11.6. The van der Waals surface area contributed by atoms with E-state index in [1.807, 2.05) is 48.5 Å². The number of ether oxygens (including phenoxy) is 1. The van der Waals surface area contributed by atoms with Crippen LogP contribution >= 0.6 is 15.9 Å². The summed E-state index contributed by atoms with van der Waals surface area (Å²) in [4.78, 5) is 24.0. The van der Waals surface area contributed by atoms with E-state index in [-0.39, 0.29) is 6.61 Å². The summed E-state index contributed by atoms with van der Waals surface area (Å²) in [6.45, 7) is -0.340. The molecule has 0 saturated carbocycles. The number of anilines is 1. The first-order valence-corrected chi connectivity index (χ1v) is 8.13. The number of para-hydroxylation sites is 1. The second-order valence-electron chi connectivity index (χ2n) is 5.17. The molecule has 0 aliphatic heterocycles. The number of fused-ring (bicyclic) bond motifs is 1. The number of carbonyl (C=O) groups is 2. The summed E-state index contributed by atoms with van der Waals surface area (Å²) in [5.74, 6) is -0.918. The fourth-order valence-corrected chi connectivity index (χ4v) is 2.66. The number of hydrogen-bond acceptors (Lipinski definition) is 3. The predicted molar refractivity (Wildman–Crippen MR) is 97.0 cm³/mol. The van der Waals surface area contributed by atoms with Gasteiger partial charge in [0, 0.05) is 4.47 Å². The zero-order chi connectivity index (χ0) is 16.9.